The molecule has 0 aliphatic carbocycles. The van der Waals surface area contributed by atoms with Gasteiger partial charge in [0.25, 0.3) is 0 Å². The van der Waals surface area contributed by atoms with Gasteiger partial charge in [0.2, 0.25) is 5.16 Å². The molecule has 0 radical (unpaired) electrons. The molecule has 0 aliphatic rings. The Balaban J connectivity index is 1.82. The number of imidazole rings is 1. The molecule has 3 aromatic heterocycles. The summed E-state index contributed by atoms with van der Waals surface area (Å²) in [6.45, 7) is 8.21. The summed E-state index contributed by atoms with van der Waals surface area (Å²) in [6.07, 6.45) is 3.54. The molecule has 3 heterocycles. The molecule has 184 valence electrons. The van der Waals surface area contributed by atoms with Crippen LogP contribution in [0.4, 0.5) is 0 Å². The molecular formula is C26H30N4O4S. The van der Waals surface area contributed by atoms with E-state index in [1.165, 1.54) is 0 Å². The van der Waals surface area contributed by atoms with Crippen molar-refractivity contribution in [3.05, 3.63) is 64.2 Å². The summed E-state index contributed by atoms with van der Waals surface area (Å²) in [5.41, 5.74) is 6.81. The molecule has 0 spiro atoms. The van der Waals surface area contributed by atoms with Gasteiger partial charge in [-0.2, -0.15) is 0 Å². The number of rotatable bonds is 8. The monoisotopic (exact) mass is 494 g/mol. The zero-order valence-corrected chi connectivity index (χ0v) is 21.9. The molecule has 0 saturated carbocycles. The third-order valence-corrected chi connectivity index (χ3v) is 7.45. The number of benzene rings is 1. The van der Waals surface area contributed by atoms with E-state index in [2.05, 4.69) is 9.97 Å². The van der Waals surface area contributed by atoms with Gasteiger partial charge in [0.1, 0.15) is 17.2 Å². The average molecular weight is 495 g/mol. The Morgan fingerprint density at radius 3 is 2.06 bits per heavy atom. The largest absolute Gasteiger partial charge is 0.497 e. The SMILES string of the molecule is COc1ccc2nc(S(=O)Cc3ncc(C)c(OC)c3C)n(Cc3ncc(C)c(OC)c3C)c2c1. The van der Waals surface area contributed by atoms with Crippen molar-refractivity contribution in [3.63, 3.8) is 0 Å². The van der Waals surface area contributed by atoms with Gasteiger partial charge >= 0.3 is 0 Å². The quantitative estimate of drug-likeness (QED) is 0.358. The Labute approximate surface area is 207 Å². The van der Waals surface area contributed by atoms with Crippen LogP contribution in [0.2, 0.25) is 0 Å². The van der Waals surface area contributed by atoms with Crippen molar-refractivity contribution in [2.45, 2.75) is 45.1 Å². The molecule has 1 atom stereocenters. The molecule has 0 N–H and O–H groups in total. The van der Waals surface area contributed by atoms with Crippen LogP contribution in [0.15, 0.2) is 35.7 Å². The van der Waals surface area contributed by atoms with Crippen LogP contribution in [-0.4, -0.2) is 45.1 Å². The fraction of sp³-hybridized carbons (Fsp3) is 0.346. The van der Waals surface area contributed by atoms with Crippen LogP contribution < -0.4 is 14.2 Å². The molecule has 8 nitrogen and oxygen atoms in total. The van der Waals surface area contributed by atoms with Gasteiger partial charge < -0.3 is 18.8 Å². The van der Waals surface area contributed by atoms with Crippen LogP contribution in [0.25, 0.3) is 11.0 Å². The van der Waals surface area contributed by atoms with Gasteiger partial charge in [-0.3, -0.25) is 14.2 Å². The maximum Gasteiger partial charge on any atom is 0.200 e. The molecule has 1 unspecified atom stereocenters. The lowest BCUT2D eigenvalue weighted by molar-refractivity contribution is 0.406. The Kier molecular flexibility index (Phi) is 7.07. The van der Waals surface area contributed by atoms with Crippen molar-refractivity contribution in [2.24, 2.45) is 0 Å². The van der Waals surface area contributed by atoms with Crippen molar-refractivity contribution < 1.29 is 18.4 Å². The predicted molar refractivity (Wildman–Crippen MR) is 136 cm³/mol. The van der Waals surface area contributed by atoms with Crippen LogP contribution in [0.3, 0.4) is 0 Å². The fourth-order valence-corrected chi connectivity index (χ4v) is 5.60. The van der Waals surface area contributed by atoms with Crippen LogP contribution in [0.5, 0.6) is 17.2 Å². The number of aryl methyl sites for hydroxylation is 2. The summed E-state index contributed by atoms with van der Waals surface area (Å²) >= 11 is 0. The Morgan fingerprint density at radius 1 is 0.857 bits per heavy atom. The van der Waals surface area contributed by atoms with Crippen molar-refractivity contribution in [1.82, 2.24) is 19.5 Å². The normalized spacial score (nSPS) is 12.1. The lowest BCUT2D eigenvalue weighted by atomic mass is 10.1. The first-order valence-corrected chi connectivity index (χ1v) is 12.5. The average Bonchev–Trinajstić information content (AvgIpc) is 3.21. The highest BCUT2D eigenvalue weighted by molar-refractivity contribution is 7.84. The highest BCUT2D eigenvalue weighted by atomic mass is 32.2. The van der Waals surface area contributed by atoms with E-state index in [1.54, 1.807) is 33.7 Å². The van der Waals surface area contributed by atoms with Crippen molar-refractivity contribution in [2.75, 3.05) is 21.3 Å². The zero-order chi connectivity index (χ0) is 25.3. The second-order valence-corrected chi connectivity index (χ2v) is 9.76. The standard InChI is InChI=1S/C26H30N4O4S/c1-15-11-27-21(17(3)24(15)33-6)13-30-23-10-19(32-5)8-9-20(23)29-26(30)35(31)14-22-18(4)25(34-7)16(2)12-28-22/h8-12H,13-14H2,1-7H3. The zero-order valence-electron chi connectivity index (χ0n) is 21.1. The maximum absolute atomic E-state index is 13.7. The van der Waals surface area contributed by atoms with E-state index in [-0.39, 0.29) is 5.75 Å². The van der Waals surface area contributed by atoms with Crippen molar-refractivity contribution in [3.8, 4) is 17.2 Å². The highest BCUT2D eigenvalue weighted by Crippen LogP contribution is 2.30. The number of aromatic nitrogens is 4. The lowest BCUT2D eigenvalue weighted by Crippen LogP contribution is -2.12. The van der Waals surface area contributed by atoms with E-state index in [0.717, 1.165) is 50.5 Å². The Hall–Kier alpha value is -3.46. The molecule has 0 amide bonds. The minimum Gasteiger partial charge on any atom is -0.497 e. The van der Waals surface area contributed by atoms with E-state index in [1.807, 2.05) is 50.5 Å². The first kappa shape index (κ1) is 24.7. The number of hydrogen-bond donors (Lipinski definition) is 0. The second kappa shape index (κ2) is 10.0. The van der Waals surface area contributed by atoms with Crippen LogP contribution in [0, 0.1) is 27.7 Å². The van der Waals surface area contributed by atoms with E-state index < -0.39 is 10.8 Å². The Bertz CT molecular complexity index is 1430. The fourth-order valence-electron chi connectivity index (χ4n) is 4.32. The lowest BCUT2D eigenvalue weighted by Gasteiger charge is -2.15. The van der Waals surface area contributed by atoms with Crippen molar-refractivity contribution in [1.29, 1.82) is 0 Å². The molecule has 35 heavy (non-hydrogen) atoms. The first-order valence-electron chi connectivity index (χ1n) is 11.2. The van der Waals surface area contributed by atoms with Gasteiger partial charge in [-0.25, -0.2) is 4.98 Å². The molecule has 0 aliphatic heterocycles. The highest BCUT2D eigenvalue weighted by Gasteiger charge is 2.22. The van der Waals surface area contributed by atoms with Gasteiger partial charge in [-0.05, 0) is 39.8 Å². The topological polar surface area (TPSA) is 88.4 Å². The third kappa shape index (κ3) is 4.60. The molecule has 9 heteroatoms. The summed E-state index contributed by atoms with van der Waals surface area (Å²) in [4.78, 5) is 13.9. The van der Waals surface area contributed by atoms with E-state index >= 15 is 0 Å². The van der Waals surface area contributed by atoms with Crippen LogP contribution in [0.1, 0.15) is 33.6 Å². The summed E-state index contributed by atoms with van der Waals surface area (Å²) in [6, 6.07) is 5.63. The van der Waals surface area contributed by atoms with Crippen molar-refractivity contribution >= 4 is 21.8 Å². The summed E-state index contributed by atoms with van der Waals surface area (Å²) < 4.78 is 32.2. The predicted octanol–water partition coefficient (Wildman–Crippen LogP) is 4.44. The van der Waals surface area contributed by atoms with Gasteiger partial charge in [0.05, 0.1) is 66.8 Å². The molecule has 0 fully saturated rings. The molecule has 4 rings (SSSR count). The third-order valence-electron chi connectivity index (χ3n) is 6.20. The summed E-state index contributed by atoms with van der Waals surface area (Å²) in [5, 5.41) is 0.453. The van der Waals surface area contributed by atoms with Crippen LogP contribution in [-0.2, 0) is 23.1 Å². The molecule has 4 aromatic rings. The van der Waals surface area contributed by atoms with E-state index in [0.29, 0.717) is 23.1 Å². The van der Waals surface area contributed by atoms with Gasteiger partial charge in [-0.15, -0.1) is 0 Å². The number of fused-ring (bicyclic) bond motifs is 1. The maximum atomic E-state index is 13.7. The van der Waals surface area contributed by atoms with Gasteiger partial charge in [0.15, 0.2) is 0 Å². The van der Waals surface area contributed by atoms with Crippen LogP contribution >= 0.6 is 0 Å². The number of ether oxygens (including phenoxy) is 3. The molecule has 1 aromatic carbocycles. The molecular weight excluding hydrogens is 464 g/mol. The number of methoxy groups -OCH3 is 3. The minimum atomic E-state index is -1.47. The van der Waals surface area contributed by atoms with Gasteiger partial charge in [0, 0.05) is 40.7 Å². The number of pyridine rings is 2. The summed E-state index contributed by atoms with van der Waals surface area (Å²) in [7, 11) is 3.44. The molecule has 0 saturated heterocycles. The smallest absolute Gasteiger partial charge is 0.200 e. The number of hydrogen-bond acceptors (Lipinski definition) is 7. The number of nitrogens with zero attached hydrogens (tertiary/aromatic N) is 4. The summed E-state index contributed by atoms with van der Waals surface area (Å²) in [5.74, 6) is 2.47. The first-order chi connectivity index (χ1) is 16.8. The van der Waals surface area contributed by atoms with Gasteiger partial charge in [-0.1, -0.05) is 0 Å². The minimum absolute atomic E-state index is 0.215. The van der Waals surface area contributed by atoms with E-state index in [9.17, 15) is 4.21 Å². The molecule has 0 bridgehead atoms. The second-order valence-electron chi connectivity index (χ2n) is 8.42. The van der Waals surface area contributed by atoms with E-state index in [4.69, 9.17) is 19.2 Å². The Morgan fingerprint density at radius 2 is 1.46 bits per heavy atom.